The van der Waals surface area contributed by atoms with Crippen molar-refractivity contribution in [3.63, 3.8) is 0 Å². The van der Waals surface area contributed by atoms with Crippen molar-refractivity contribution in [2.24, 2.45) is 3.35 Å². The maximum atomic E-state index is 4.28. The topological polar surface area (TPSA) is 12.4 Å². The molecule has 0 aromatic carbocycles. The summed E-state index contributed by atoms with van der Waals surface area (Å²) >= 11 is 1.12. The van der Waals surface area contributed by atoms with E-state index in [0.29, 0.717) is 0 Å². The Morgan fingerprint density at radius 3 is 1.50 bits per heavy atom. The predicted molar refractivity (Wildman–Crippen MR) is 25.8 cm³/mol. The minimum absolute atomic E-state index is 0.951. The van der Waals surface area contributed by atoms with Crippen molar-refractivity contribution < 1.29 is 18.1 Å². The van der Waals surface area contributed by atoms with Gasteiger partial charge in [-0.05, 0) is 0 Å². The van der Waals surface area contributed by atoms with Gasteiger partial charge in [-0.15, -0.1) is 0 Å². The summed E-state index contributed by atoms with van der Waals surface area (Å²) in [6.07, 6.45) is 0. The van der Waals surface area contributed by atoms with E-state index in [0.717, 1.165) is 18.1 Å². The van der Waals surface area contributed by atoms with Gasteiger partial charge in [0.2, 0.25) is 0 Å². The maximum absolute atomic E-state index is 4.28. The second-order valence-electron chi connectivity index (χ2n) is 2.33. The number of hydrogen-bond acceptors (Lipinski definition) is 1. The number of rotatable bonds is 1. The average Bonchev–Trinajstić information content (AvgIpc) is 1.35. The average molecular weight is 153 g/mol. The molecular weight excluding hydrogens is 144 g/mol. The molecule has 0 rings (SSSR count). The molecule has 0 spiro atoms. The van der Waals surface area contributed by atoms with Crippen molar-refractivity contribution >= 4 is 8.24 Å². The van der Waals surface area contributed by atoms with Crippen LogP contribution in [0.2, 0.25) is 19.6 Å². The Hall–Kier alpha value is 0.640. The molecule has 0 aromatic heterocycles. The molecule has 0 saturated carbocycles. The van der Waals surface area contributed by atoms with Crippen LogP contribution in [0.5, 0.6) is 0 Å². The Bertz CT molecular complexity index is 56.3. The Labute approximate surface area is 49.7 Å². The van der Waals surface area contributed by atoms with Crippen molar-refractivity contribution in [3.05, 3.63) is 0 Å². The van der Waals surface area contributed by atoms with Gasteiger partial charge in [0.25, 0.3) is 0 Å². The molecule has 0 aromatic rings. The van der Waals surface area contributed by atoms with Gasteiger partial charge < -0.3 is 0 Å². The molecule has 0 atom stereocenters. The van der Waals surface area contributed by atoms with Gasteiger partial charge in [0, 0.05) is 0 Å². The Kier molecular flexibility index (Phi) is 2.30. The molecule has 3 heteroatoms. The molecule has 6 heavy (non-hydrogen) atoms. The van der Waals surface area contributed by atoms with Gasteiger partial charge in [0.15, 0.2) is 0 Å². The molecule has 0 aliphatic rings. The first kappa shape index (κ1) is 6.64. The van der Waals surface area contributed by atoms with Crippen LogP contribution in [0.1, 0.15) is 0 Å². The first-order chi connectivity index (χ1) is 2.56. The van der Waals surface area contributed by atoms with Crippen molar-refractivity contribution in [2.45, 2.75) is 19.6 Å². The van der Waals surface area contributed by atoms with Crippen LogP contribution in [0, 0.1) is 0 Å². The summed E-state index contributed by atoms with van der Waals surface area (Å²) in [6.45, 7) is 6.74. The van der Waals surface area contributed by atoms with Gasteiger partial charge in [-0.2, -0.15) is 0 Å². The summed E-state index contributed by atoms with van der Waals surface area (Å²) in [5.41, 5.74) is 0. The summed E-state index contributed by atoms with van der Waals surface area (Å²) in [5, 5.41) is 0. The number of hydrogen-bond donors (Lipinski definition) is 0. The van der Waals surface area contributed by atoms with Gasteiger partial charge in [0.05, 0.1) is 0 Å². The third kappa shape index (κ3) is 4.64. The predicted octanol–water partition coefficient (Wildman–Crippen LogP) is 1.55. The third-order valence-electron chi connectivity index (χ3n) is 0.474. The molecule has 0 unspecified atom stereocenters. The standard InChI is InChI=1S/C3H9NSi.Zn/c1-5(2,3)4;/h1-3H3;. The summed E-state index contributed by atoms with van der Waals surface area (Å²) < 4.78 is 4.28. The van der Waals surface area contributed by atoms with Gasteiger partial charge in [0.1, 0.15) is 0 Å². The Morgan fingerprint density at radius 2 is 1.50 bits per heavy atom. The van der Waals surface area contributed by atoms with E-state index in [2.05, 4.69) is 23.0 Å². The molecule has 0 fully saturated rings. The fourth-order valence-corrected chi connectivity index (χ4v) is 0. The second-order valence-corrected chi connectivity index (χ2v) is 8.98. The van der Waals surface area contributed by atoms with E-state index in [1.54, 1.807) is 0 Å². The van der Waals surface area contributed by atoms with Crippen LogP contribution in [-0.2, 0) is 18.1 Å². The normalized spacial score (nSPS) is 11.5. The monoisotopic (exact) mass is 151 g/mol. The molecule has 32 valence electrons. The van der Waals surface area contributed by atoms with E-state index in [-0.39, 0.29) is 0 Å². The summed E-state index contributed by atoms with van der Waals surface area (Å²) in [6, 6.07) is 0. The molecule has 0 saturated heterocycles. The summed E-state index contributed by atoms with van der Waals surface area (Å²) in [4.78, 5) is 0. The fraction of sp³-hybridized carbons (Fsp3) is 1.00. The molecule has 0 aliphatic heterocycles. The zero-order chi connectivity index (χ0) is 5.21. The van der Waals surface area contributed by atoms with Gasteiger partial charge in [-0.3, -0.25) is 0 Å². The molecular formula is C3H9NSiZn. The molecule has 0 bridgehead atoms. The zero-order valence-electron chi connectivity index (χ0n) is 4.65. The molecule has 0 radical (unpaired) electrons. The van der Waals surface area contributed by atoms with E-state index >= 15 is 0 Å². The first-order valence-corrected chi connectivity index (χ1v) is 6.81. The van der Waals surface area contributed by atoms with Crippen molar-refractivity contribution in [3.8, 4) is 0 Å². The Morgan fingerprint density at radius 1 is 1.33 bits per heavy atom. The molecule has 0 N–H and O–H groups in total. The Balaban J connectivity index is 3.45. The number of nitrogens with zero attached hydrogens (tertiary/aromatic N) is 1. The summed E-state index contributed by atoms with van der Waals surface area (Å²) in [7, 11) is -0.951. The molecule has 0 aliphatic carbocycles. The van der Waals surface area contributed by atoms with Crippen molar-refractivity contribution in [1.82, 2.24) is 0 Å². The third-order valence-corrected chi connectivity index (χ3v) is 7.39. The van der Waals surface area contributed by atoms with E-state index in [4.69, 9.17) is 0 Å². The molecule has 0 amide bonds. The van der Waals surface area contributed by atoms with E-state index in [1.165, 1.54) is 0 Å². The van der Waals surface area contributed by atoms with Gasteiger partial charge >= 0.3 is 49.3 Å². The van der Waals surface area contributed by atoms with E-state index in [1.807, 2.05) is 0 Å². The second kappa shape index (κ2) is 2.08. The van der Waals surface area contributed by atoms with Crippen LogP contribution in [0.3, 0.4) is 0 Å². The van der Waals surface area contributed by atoms with Gasteiger partial charge in [-0.1, -0.05) is 0 Å². The SMILES string of the molecule is C[Si](C)(C)[N]=[Zn]. The quantitative estimate of drug-likeness (QED) is 0.506. The van der Waals surface area contributed by atoms with Gasteiger partial charge in [-0.25, -0.2) is 0 Å². The van der Waals surface area contributed by atoms with Crippen LogP contribution >= 0.6 is 0 Å². The van der Waals surface area contributed by atoms with Crippen LogP contribution < -0.4 is 0 Å². The zero-order valence-corrected chi connectivity index (χ0v) is 8.62. The van der Waals surface area contributed by atoms with Crippen molar-refractivity contribution in [1.29, 1.82) is 0 Å². The van der Waals surface area contributed by atoms with E-state index in [9.17, 15) is 0 Å². The summed E-state index contributed by atoms with van der Waals surface area (Å²) in [5.74, 6) is 0. The van der Waals surface area contributed by atoms with Crippen LogP contribution in [0.15, 0.2) is 3.35 Å². The first-order valence-electron chi connectivity index (χ1n) is 2.04. The van der Waals surface area contributed by atoms with Crippen molar-refractivity contribution in [2.75, 3.05) is 0 Å². The van der Waals surface area contributed by atoms with Crippen LogP contribution in [-0.4, -0.2) is 8.24 Å². The van der Waals surface area contributed by atoms with Crippen LogP contribution in [0.4, 0.5) is 0 Å². The fourth-order valence-electron chi connectivity index (χ4n) is 0. The minimum atomic E-state index is -0.951. The molecule has 1 nitrogen and oxygen atoms in total. The van der Waals surface area contributed by atoms with Crippen LogP contribution in [0.25, 0.3) is 0 Å². The van der Waals surface area contributed by atoms with E-state index < -0.39 is 8.24 Å². The molecule has 0 heterocycles.